The van der Waals surface area contributed by atoms with E-state index in [9.17, 15) is 14.4 Å². The third-order valence-corrected chi connectivity index (χ3v) is 4.89. The smallest absolute Gasteiger partial charge is 0.261 e. The van der Waals surface area contributed by atoms with E-state index in [1.54, 1.807) is 24.3 Å². The lowest BCUT2D eigenvalue weighted by molar-refractivity contribution is -0.123. The number of amides is 3. The summed E-state index contributed by atoms with van der Waals surface area (Å²) in [5.41, 5.74) is 0.829. The quantitative estimate of drug-likeness (QED) is 0.545. The van der Waals surface area contributed by atoms with Gasteiger partial charge in [-0.1, -0.05) is 6.07 Å². The molecule has 0 saturated carbocycles. The van der Waals surface area contributed by atoms with E-state index in [0.29, 0.717) is 36.0 Å². The highest BCUT2D eigenvalue weighted by Crippen LogP contribution is 2.28. The van der Waals surface area contributed by atoms with E-state index in [1.807, 2.05) is 13.0 Å². The van der Waals surface area contributed by atoms with Gasteiger partial charge in [-0.25, -0.2) is 0 Å². The second-order valence-corrected chi connectivity index (χ2v) is 7.25. The molecule has 0 fully saturated rings. The maximum atomic E-state index is 12.3. The summed E-state index contributed by atoms with van der Waals surface area (Å²) in [4.78, 5) is 36.3. The zero-order valence-corrected chi connectivity index (χ0v) is 17.5. The number of nitrogens with one attached hydrogen (secondary N) is 3. The van der Waals surface area contributed by atoms with Crippen molar-refractivity contribution in [1.29, 1.82) is 0 Å². The van der Waals surface area contributed by atoms with E-state index in [0.717, 1.165) is 10.4 Å². The van der Waals surface area contributed by atoms with Crippen molar-refractivity contribution in [2.75, 3.05) is 20.3 Å². The molecule has 0 aliphatic heterocycles. The van der Waals surface area contributed by atoms with Crippen LogP contribution in [0.4, 0.5) is 0 Å². The molecule has 0 spiro atoms. The van der Waals surface area contributed by atoms with Crippen LogP contribution in [0.25, 0.3) is 0 Å². The summed E-state index contributed by atoms with van der Waals surface area (Å²) in [6.07, 6.45) is 0. The maximum Gasteiger partial charge on any atom is 0.261 e. The highest BCUT2D eigenvalue weighted by atomic mass is 32.1. The predicted molar refractivity (Wildman–Crippen MR) is 110 cm³/mol. The fraction of sp³-hybridized carbons (Fsp3) is 0.350. The fourth-order valence-electron chi connectivity index (χ4n) is 2.41. The van der Waals surface area contributed by atoms with E-state index in [-0.39, 0.29) is 24.3 Å². The van der Waals surface area contributed by atoms with Crippen molar-refractivity contribution in [3.05, 3.63) is 45.6 Å². The van der Waals surface area contributed by atoms with Gasteiger partial charge in [0.2, 0.25) is 5.91 Å². The minimum atomic E-state index is -0.209. The van der Waals surface area contributed by atoms with Gasteiger partial charge in [0, 0.05) is 24.9 Å². The number of likely N-dealkylation sites (N-methyl/N-ethyl adjacent to an activating group) is 1. The van der Waals surface area contributed by atoms with Gasteiger partial charge >= 0.3 is 0 Å². The molecular weight excluding hydrogens is 394 g/mol. The van der Waals surface area contributed by atoms with Crippen molar-refractivity contribution in [3.63, 3.8) is 0 Å². The fourth-order valence-corrected chi connectivity index (χ4v) is 3.27. The highest BCUT2D eigenvalue weighted by molar-refractivity contribution is 7.14. The topological polar surface area (TPSA) is 106 Å². The monoisotopic (exact) mass is 419 g/mol. The van der Waals surface area contributed by atoms with Gasteiger partial charge in [0.25, 0.3) is 11.8 Å². The van der Waals surface area contributed by atoms with Crippen LogP contribution >= 0.6 is 11.3 Å². The standard InChI is InChI=1S/C20H25N3O5S/c1-4-21-19(25)12-28-16-7-5-14(9-17(16)27-3)10-23-20(26)18-8-6-15(29-18)11-22-13(2)24/h5-9H,4,10-12H2,1-3H3,(H,21,25)(H,22,24)(H,23,26). The number of hydrogen-bond donors (Lipinski definition) is 3. The first-order valence-electron chi connectivity index (χ1n) is 9.10. The van der Waals surface area contributed by atoms with E-state index in [2.05, 4.69) is 16.0 Å². The minimum Gasteiger partial charge on any atom is -0.493 e. The van der Waals surface area contributed by atoms with Crippen LogP contribution in [0.1, 0.15) is 34.0 Å². The number of carbonyl (C=O) groups excluding carboxylic acids is 3. The van der Waals surface area contributed by atoms with Crippen LogP contribution in [-0.4, -0.2) is 38.0 Å². The van der Waals surface area contributed by atoms with Crippen molar-refractivity contribution >= 4 is 29.1 Å². The molecule has 29 heavy (non-hydrogen) atoms. The second-order valence-electron chi connectivity index (χ2n) is 6.09. The molecule has 0 unspecified atom stereocenters. The van der Waals surface area contributed by atoms with Crippen molar-refractivity contribution in [2.24, 2.45) is 0 Å². The third-order valence-electron chi connectivity index (χ3n) is 3.81. The van der Waals surface area contributed by atoms with Crippen LogP contribution in [0.15, 0.2) is 30.3 Å². The van der Waals surface area contributed by atoms with Gasteiger partial charge < -0.3 is 25.4 Å². The molecule has 156 valence electrons. The summed E-state index contributed by atoms with van der Waals surface area (Å²) in [6, 6.07) is 8.81. The molecule has 0 aliphatic carbocycles. The Labute approximate surface area is 173 Å². The van der Waals surface area contributed by atoms with E-state index in [4.69, 9.17) is 9.47 Å². The Morgan fingerprint density at radius 1 is 1.00 bits per heavy atom. The van der Waals surface area contributed by atoms with Gasteiger partial charge in [-0.2, -0.15) is 0 Å². The molecule has 2 rings (SSSR count). The van der Waals surface area contributed by atoms with Crippen LogP contribution in [-0.2, 0) is 22.7 Å². The van der Waals surface area contributed by atoms with Gasteiger partial charge in [0.1, 0.15) is 0 Å². The SMILES string of the molecule is CCNC(=O)COc1ccc(CNC(=O)c2ccc(CNC(C)=O)s2)cc1OC. The Hall–Kier alpha value is -3.07. The molecule has 9 heteroatoms. The summed E-state index contributed by atoms with van der Waals surface area (Å²) in [7, 11) is 1.51. The molecule has 0 radical (unpaired) electrons. The normalized spacial score (nSPS) is 10.2. The Kier molecular flexibility index (Phi) is 8.47. The molecule has 0 atom stereocenters. The zero-order chi connectivity index (χ0) is 21.2. The van der Waals surface area contributed by atoms with Crippen molar-refractivity contribution in [1.82, 2.24) is 16.0 Å². The lowest BCUT2D eigenvalue weighted by atomic mass is 10.2. The molecule has 1 aromatic carbocycles. The number of hydrogen-bond acceptors (Lipinski definition) is 6. The average molecular weight is 420 g/mol. The Balaban J connectivity index is 1.92. The molecule has 8 nitrogen and oxygen atoms in total. The van der Waals surface area contributed by atoms with Crippen molar-refractivity contribution in [3.8, 4) is 11.5 Å². The van der Waals surface area contributed by atoms with Crippen LogP contribution in [0.3, 0.4) is 0 Å². The predicted octanol–water partition coefficient (Wildman–Crippen LogP) is 1.84. The van der Waals surface area contributed by atoms with Crippen LogP contribution in [0.5, 0.6) is 11.5 Å². The van der Waals surface area contributed by atoms with Crippen LogP contribution < -0.4 is 25.4 Å². The zero-order valence-electron chi connectivity index (χ0n) is 16.7. The number of thiophene rings is 1. The van der Waals surface area contributed by atoms with Gasteiger partial charge in [-0.15, -0.1) is 11.3 Å². The molecule has 0 aliphatic rings. The summed E-state index contributed by atoms with van der Waals surface area (Å²) in [6.45, 7) is 4.44. The molecule has 1 aromatic heterocycles. The van der Waals surface area contributed by atoms with Crippen molar-refractivity contribution < 1.29 is 23.9 Å². The molecule has 3 amide bonds. The molecule has 2 aromatic rings. The third kappa shape index (κ3) is 7.11. The van der Waals surface area contributed by atoms with E-state index < -0.39 is 0 Å². The summed E-state index contributed by atoms with van der Waals surface area (Å²) in [5.74, 6) is 0.417. The lowest BCUT2D eigenvalue weighted by Gasteiger charge is -2.12. The van der Waals surface area contributed by atoms with Gasteiger partial charge in [0.15, 0.2) is 18.1 Å². The Morgan fingerprint density at radius 2 is 1.79 bits per heavy atom. The molecule has 0 bridgehead atoms. The lowest BCUT2D eigenvalue weighted by Crippen LogP contribution is -2.28. The summed E-state index contributed by atoms with van der Waals surface area (Å²) in [5, 5.41) is 8.21. The van der Waals surface area contributed by atoms with Gasteiger partial charge in [0.05, 0.1) is 18.5 Å². The Bertz CT molecular complexity index is 866. The first-order chi connectivity index (χ1) is 13.9. The Morgan fingerprint density at radius 3 is 2.48 bits per heavy atom. The number of benzene rings is 1. The van der Waals surface area contributed by atoms with E-state index in [1.165, 1.54) is 25.4 Å². The van der Waals surface area contributed by atoms with Gasteiger partial charge in [-0.3, -0.25) is 14.4 Å². The number of ether oxygens (including phenoxy) is 2. The largest absolute Gasteiger partial charge is 0.493 e. The van der Waals surface area contributed by atoms with Crippen LogP contribution in [0, 0.1) is 0 Å². The van der Waals surface area contributed by atoms with Crippen molar-refractivity contribution in [2.45, 2.75) is 26.9 Å². The molecule has 0 saturated heterocycles. The number of methoxy groups -OCH3 is 1. The number of rotatable bonds is 10. The summed E-state index contributed by atoms with van der Waals surface area (Å²) < 4.78 is 10.8. The first-order valence-corrected chi connectivity index (χ1v) is 9.92. The molecule has 1 heterocycles. The van der Waals surface area contributed by atoms with Crippen LogP contribution in [0.2, 0.25) is 0 Å². The molecular formula is C20H25N3O5S. The number of carbonyl (C=O) groups is 3. The maximum absolute atomic E-state index is 12.3. The average Bonchev–Trinajstić information content (AvgIpc) is 3.18. The minimum absolute atomic E-state index is 0.0977. The highest BCUT2D eigenvalue weighted by Gasteiger charge is 2.12. The van der Waals surface area contributed by atoms with E-state index >= 15 is 0 Å². The summed E-state index contributed by atoms with van der Waals surface area (Å²) >= 11 is 1.33. The second kappa shape index (κ2) is 11.1. The van der Waals surface area contributed by atoms with Gasteiger partial charge in [-0.05, 0) is 36.8 Å². The molecule has 3 N–H and O–H groups in total. The first kappa shape index (κ1) is 22.2.